The summed E-state index contributed by atoms with van der Waals surface area (Å²) in [5.74, 6) is 1.81. The van der Waals surface area contributed by atoms with Gasteiger partial charge in [-0.15, -0.1) is 0 Å². The van der Waals surface area contributed by atoms with Gasteiger partial charge in [-0.2, -0.15) is 0 Å². The Hall–Kier alpha value is -0.640. The Kier molecular flexibility index (Phi) is 3.01. The van der Waals surface area contributed by atoms with E-state index >= 15 is 0 Å². The molecule has 1 aliphatic rings. The van der Waals surface area contributed by atoms with Crippen LogP contribution in [0.3, 0.4) is 0 Å². The highest BCUT2D eigenvalue weighted by Crippen LogP contribution is 2.33. The van der Waals surface area contributed by atoms with Crippen LogP contribution in [0.2, 0.25) is 0 Å². The van der Waals surface area contributed by atoms with Crippen molar-refractivity contribution >= 4 is 21.7 Å². The Morgan fingerprint density at radius 2 is 2.29 bits per heavy atom. The number of halogens is 1. The maximum atomic E-state index is 4.23. The molecule has 1 fully saturated rings. The quantitative estimate of drug-likeness (QED) is 0.900. The zero-order valence-corrected chi connectivity index (χ0v) is 9.79. The fourth-order valence-electron chi connectivity index (χ4n) is 1.55. The third-order valence-corrected chi connectivity index (χ3v) is 2.81. The summed E-state index contributed by atoms with van der Waals surface area (Å²) < 4.78 is 0.776. The summed E-state index contributed by atoms with van der Waals surface area (Å²) in [6.45, 7) is 2.20. The first-order valence-electron chi connectivity index (χ1n) is 4.98. The lowest BCUT2D eigenvalue weighted by Gasteiger charge is -2.13. The van der Waals surface area contributed by atoms with E-state index in [0.717, 1.165) is 16.3 Å². The summed E-state index contributed by atoms with van der Waals surface area (Å²) in [5, 5.41) is 3.35. The monoisotopic (exact) mass is 255 g/mol. The van der Waals surface area contributed by atoms with E-state index in [-0.39, 0.29) is 0 Å². The molecule has 3 nitrogen and oxygen atoms in total. The van der Waals surface area contributed by atoms with Crippen LogP contribution in [0.25, 0.3) is 0 Å². The molecule has 1 aliphatic carbocycles. The van der Waals surface area contributed by atoms with Crippen molar-refractivity contribution in [3.8, 4) is 0 Å². The first-order valence-corrected chi connectivity index (χ1v) is 5.77. The van der Waals surface area contributed by atoms with Crippen LogP contribution in [0.4, 0.5) is 5.82 Å². The van der Waals surface area contributed by atoms with Gasteiger partial charge in [-0.05, 0) is 35.2 Å². The Labute approximate surface area is 92.5 Å². The molecule has 0 radical (unpaired) electrons. The molecule has 1 unspecified atom stereocenters. The van der Waals surface area contributed by atoms with Crippen LogP contribution in [0.15, 0.2) is 17.0 Å². The number of aromatic nitrogens is 2. The highest BCUT2D eigenvalue weighted by atomic mass is 79.9. The minimum absolute atomic E-state index is 0.498. The van der Waals surface area contributed by atoms with Crippen molar-refractivity contribution in [1.29, 1.82) is 0 Å². The molecule has 1 N–H and O–H groups in total. The van der Waals surface area contributed by atoms with Gasteiger partial charge < -0.3 is 5.32 Å². The van der Waals surface area contributed by atoms with Crippen molar-refractivity contribution in [2.45, 2.75) is 32.2 Å². The first-order chi connectivity index (χ1) is 6.74. The van der Waals surface area contributed by atoms with Crippen molar-refractivity contribution in [1.82, 2.24) is 9.97 Å². The fraction of sp³-hybridized carbons (Fsp3) is 0.600. The zero-order valence-electron chi connectivity index (χ0n) is 8.20. The second kappa shape index (κ2) is 4.26. The number of nitrogens with one attached hydrogen (secondary N) is 1. The van der Waals surface area contributed by atoms with Crippen LogP contribution in [0.5, 0.6) is 0 Å². The van der Waals surface area contributed by atoms with Gasteiger partial charge in [0, 0.05) is 6.04 Å². The molecule has 0 saturated heterocycles. The Balaban J connectivity index is 1.85. The van der Waals surface area contributed by atoms with Crippen LogP contribution in [0.1, 0.15) is 26.2 Å². The lowest BCUT2D eigenvalue weighted by molar-refractivity contribution is 0.639. The Morgan fingerprint density at radius 1 is 1.50 bits per heavy atom. The number of hydrogen-bond donors (Lipinski definition) is 1. The first kappa shape index (κ1) is 9.90. The maximum Gasteiger partial charge on any atom is 0.144 e. The van der Waals surface area contributed by atoms with Gasteiger partial charge in [0.15, 0.2) is 0 Å². The van der Waals surface area contributed by atoms with Crippen molar-refractivity contribution in [3.63, 3.8) is 0 Å². The van der Waals surface area contributed by atoms with Crippen molar-refractivity contribution in [2.24, 2.45) is 5.92 Å². The zero-order chi connectivity index (χ0) is 9.97. The molecule has 1 atom stereocenters. The lowest BCUT2D eigenvalue weighted by atomic mass is 10.2. The molecule has 0 aromatic carbocycles. The minimum atomic E-state index is 0.498. The van der Waals surface area contributed by atoms with Gasteiger partial charge in [-0.1, -0.05) is 12.8 Å². The van der Waals surface area contributed by atoms with Gasteiger partial charge in [0.05, 0.1) is 12.4 Å². The molecule has 14 heavy (non-hydrogen) atoms. The molecule has 2 rings (SSSR count). The van der Waals surface area contributed by atoms with Crippen LogP contribution in [-0.2, 0) is 0 Å². The van der Waals surface area contributed by atoms with Gasteiger partial charge in [0.2, 0.25) is 0 Å². The van der Waals surface area contributed by atoms with Crippen LogP contribution >= 0.6 is 15.9 Å². The smallest absolute Gasteiger partial charge is 0.144 e. The second-order valence-corrected chi connectivity index (χ2v) is 4.76. The molecule has 1 saturated carbocycles. The normalized spacial score (nSPS) is 17.9. The van der Waals surface area contributed by atoms with E-state index in [9.17, 15) is 0 Å². The van der Waals surface area contributed by atoms with E-state index < -0.39 is 0 Å². The molecular formula is C10H14BrN3. The average Bonchev–Trinajstić information content (AvgIpc) is 2.93. The highest BCUT2D eigenvalue weighted by molar-refractivity contribution is 9.10. The summed E-state index contributed by atoms with van der Waals surface area (Å²) in [6, 6.07) is 0.498. The summed E-state index contributed by atoms with van der Waals surface area (Å²) >= 11 is 3.26. The predicted molar refractivity (Wildman–Crippen MR) is 60.2 cm³/mol. The SMILES string of the molecule is CC(CC1CC1)Nc1cnc(Br)cn1. The average molecular weight is 256 g/mol. The third kappa shape index (κ3) is 2.94. The van der Waals surface area contributed by atoms with Crippen LogP contribution in [0, 0.1) is 5.92 Å². The number of anilines is 1. The van der Waals surface area contributed by atoms with Crippen molar-refractivity contribution in [3.05, 3.63) is 17.0 Å². The number of rotatable bonds is 4. The van der Waals surface area contributed by atoms with Crippen LogP contribution < -0.4 is 5.32 Å². The van der Waals surface area contributed by atoms with Gasteiger partial charge in [0.1, 0.15) is 10.4 Å². The molecule has 76 valence electrons. The molecule has 1 heterocycles. The molecule has 0 aliphatic heterocycles. The highest BCUT2D eigenvalue weighted by Gasteiger charge is 2.23. The Bertz CT molecular complexity index is 295. The topological polar surface area (TPSA) is 37.8 Å². The minimum Gasteiger partial charge on any atom is -0.366 e. The fourth-order valence-corrected chi connectivity index (χ4v) is 1.76. The van der Waals surface area contributed by atoms with Gasteiger partial charge in [-0.3, -0.25) is 0 Å². The van der Waals surface area contributed by atoms with E-state index in [2.05, 4.69) is 38.1 Å². The predicted octanol–water partition coefficient (Wildman–Crippen LogP) is 2.84. The van der Waals surface area contributed by atoms with E-state index in [1.807, 2.05) is 0 Å². The largest absolute Gasteiger partial charge is 0.366 e. The molecular weight excluding hydrogens is 242 g/mol. The van der Waals surface area contributed by atoms with Crippen molar-refractivity contribution in [2.75, 3.05) is 5.32 Å². The third-order valence-electron chi connectivity index (χ3n) is 2.40. The summed E-state index contributed by atoms with van der Waals surface area (Å²) in [7, 11) is 0. The Morgan fingerprint density at radius 3 is 2.86 bits per heavy atom. The van der Waals surface area contributed by atoms with E-state index in [1.165, 1.54) is 19.3 Å². The van der Waals surface area contributed by atoms with Gasteiger partial charge in [-0.25, -0.2) is 9.97 Å². The standard InChI is InChI=1S/C10H14BrN3/c1-7(4-8-2-3-8)14-10-6-12-9(11)5-13-10/h5-8H,2-4H2,1H3,(H,13,14). The van der Waals surface area contributed by atoms with Crippen LogP contribution in [-0.4, -0.2) is 16.0 Å². The van der Waals surface area contributed by atoms with E-state index in [0.29, 0.717) is 6.04 Å². The summed E-state index contributed by atoms with van der Waals surface area (Å²) in [5.41, 5.74) is 0. The molecule has 0 amide bonds. The molecule has 0 bridgehead atoms. The second-order valence-electron chi connectivity index (χ2n) is 3.95. The van der Waals surface area contributed by atoms with Crippen molar-refractivity contribution < 1.29 is 0 Å². The molecule has 4 heteroatoms. The van der Waals surface area contributed by atoms with Gasteiger partial charge >= 0.3 is 0 Å². The van der Waals surface area contributed by atoms with E-state index in [4.69, 9.17) is 0 Å². The molecule has 0 spiro atoms. The molecule has 1 aromatic heterocycles. The summed E-state index contributed by atoms with van der Waals surface area (Å²) in [4.78, 5) is 8.34. The summed E-state index contributed by atoms with van der Waals surface area (Å²) in [6.07, 6.45) is 7.52. The number of nitrogens with zero attached hydrogens (tertiary/aromatic N) is 2. The number of hydrogen-bond acceptors (Lipinski definition) is 3. The van der Waals surface area contributed by atoms with E-state index in [1.54, 1.807) is 12.4 Å². The molecule has 1 aromatic rings. The lowest BCUT2D eigenvalue weighted by Crippen LogP contribution is -2.16. The maximum absolute atomic E-state index is 4.23. The van der Waals surface area contributed by atoms with Gasteiger partial charge in [0.25, 0.3) is 0 Å².